The Kier molecular flexibility index (Phi) is 7.91. The van der Waals surface area contributed by atoms with Crippen LogP contribution < -0.4 is 9.47 Å². The maximum Gasteiger partial charge on any atom is 0.343 e. The normalized spacial score (nSPS) is 11.2. The molecule has 31 heavy (non-hydrogen) atoms. The molecule has 0 saturated heterocycles. The second-order valence-corrected chi connectivity index (χ2v) is 7.37. The van der Waals surface area contributed by atoms with Crippen molar-refractivity contribution in [2.75, 3.05) is 0 Å². The predicted molar refractivity (Wildman–Crippen MR) is 117 cm³/mol. The number of carbonyl (C=O) groups excluding carboxylic acids is 3. The van der Waals surface area contributed by atoms with E-state index < -0.39 is 17.9 Å². The molecule has 6 heteroatoms. The van der Waals surface area contributed by atoms with E-state index in [2.05, 4.69) is 13.2 Å². The fraction of sp³-hybridized carbons (Fsp3) is 0.240. The summed E-state index contributed by atoms with van der Waals surface area (Å²) in [4.78, 5) is 35.6. The van der Waals surface area contributed by atoms with Crippen molar-refractivity contribution in [2.45, 2.75) is 40.2 Å². The fourth-order valence-electron chi connectivity index (χ4n) is 2.62. The number of carbonyl (C=O) groups is 3. The zero-order valence-electron chi connectivity index (χ0n) is 18.2. The second-order valence-electron chi connectivity index (χ2n) is 7.37. The highest BCUT2D eigenvalue weighted by molar-refractivity contribution is 5.91. The van der Waals surface area contributed by atoms with Crippen molar-refractivity contribution in [2.24, 2.45) is 0 Å². The van der Waals surface area contributed by atoms with Crippen molar-refractivity contribution in [1.29, 1.82) is 0 Å². The van der Waals surface area contributed by atoms with Gasteiger partial charge in [-0.1, -0.05) is 19.2 Å². The third-order valence-electron chi connectivity index (χ3n) is 4.34. The van der Waals surface area contributed by atoms with E-state index >= 15 is 0 Å². The van der Waals surface area contributed by atoms with Gasteiger partial charge in [0.2, 0.25) is 0 Å². The van der Waals surface area contributed by atoms with Crippen LogP contribution in [0.4, 0.5) is 0 Å². The van der Waals surface area contributed by atoms with E-state index in [0.29, 0.717) is 29.1 Å². The maximum absolute atomic E-state index is 12.5. The first-order valence-corrected chi connectivity index (χ1v) is 9.72. The Balaban J connectivity index is 2.00. The zero-order chi connectivity index (χ0) is 23.1. The Labute approximate surface area is 182 Å². The summed E-state index contributed by atoms with van der Waals surface area (Å²) in [6.45, 7) is 13.9. The molecule has 2 aromatic rings. The van der Waals surface area contributed by atoms with Crippen molar-refractivity contribution in [3.8, 4) is 11.5 Å². The molecule has 0 bridgehead atoms. The summed E-state index contributed by atoms with van der Waals surface area (Å²) in [7, 11) is 0. The summed E-state index contributed by atoms with van der Waals surface area (Å²) in [5.41, 5.74) is 2.88. The van der Waals surface area contributed by atoms with E-state index in [1.807, 2.05) is 13.0 Å². The van der Waals surface area contributed by atoms with Crippen molar-refractivity contribution in [3.05, 3.63) is 83.5 Å². The molecule has 1 unspecified atom stereocenters. The number of ether oxygens (including phenoxy) is 3. The fourth-order valence-corrected chi connectivity index (χ4v) is 2.62. The molecule has 0 heterocycles. The topological polar surface area (TPSA) is 78.9 Å². The summed E-state index contributed by atoms with van der Waals surface area (Å²) in [6.07, 6.45) is 0.197. The number of hydrogen-bond donors (Lipinski definition) is 0. The van der Waals surface area contributed by atoms with E-state index in [4.69, 9.17) is 14.2 Å². The minimum Gasteiger partial charge on any atom is -0.459 e. The number of benzene rings is 2. The van der Waals surface area contributed by atoms with Gasteiger partial charge < -0.3 is 14.2 Å². The van der Waals surface area contributed by atoms with Gasteiger partial charge >= 0.3 is 17.9 Å². The molecule has 162 valence electrons. The first kappa shape index (κ1) is 23.6. The van der Waals surface area contributed by atoms with Crippen LogP contribution in [0.3, 0.4) is 0 Å². The first-order valence-electron chi connectivity index (χ1n) is 9.72. The van der Waals surface area contributed by atoms with E-state index in [9.17, 15) is 14.4 Å². The van der Waals surface area contributed by atoms with Crippen LogP contribution in [0, 0.1) is 6.92 Å². The molecule has 0 aliphatic heterocycles. The maximum atomic E-state index is 12.5. The molecule has 1 atom stereocenters. The van der Waals surface area contributed by atoms with Crippen LogP contribution in [-0.2, 0) is 20.7 Å². The average Bonchev–Trinajstić information content (AvgIpc) is 2.70. The zero-order valence-corrected chi connectivity index (χ0v) is 18.2. The van der Waals surface area contributed by atoms with Crippen LogP contribution in [0.5, 0.6) is 11.5 Å². The molecule has 0 N–H and O–H groups in total. The summed E-state index contributed by atoms with van der Waals surface area (Å²) >= 11 is 0. The van der Waals surface area contributed by atoms with Gasteiger partial charge in [0.05, 0.1) is 5.56 Å². The van der Waals surface area contributed by atoms with Crippen molar-refractivity contribution < 1.29 is 28.6 Å². The smallest absolute Gasteiger partial charge is 0.343 e. The van der Waals surface area contributed by atoms with E-state index in [0.717, 1.165) is 11.1 Å². The predicted octanol–water partition coefficient (Wildman–Crippen LogP) is 4.75. The van der Waals surface area contributed by atoms with Gasteiger partial charge in [0, 0.05) is 17.6 Å². The lowest BCUT2D eigenvalue weighted by Crippen LogP contribution is -2.18. The van der Waals surface area contributed by atoms with E-state index in [1.165, 1.54) is 24.3 Å². The Bertz CT molecular complexity index is 1020. The number of hydrogen-bond acceptors (Lipinski definition) is 6. The lowest BCUT2D eigenvalue weighted by Gasteiger charge is -2.15. The second kappa shape index (κ2) is 10.4. The highest BCUT2D eigenvalue weighted by atomic mass is 16.5. The molecule has 0 saturated carbocycles. The number of aryl methyl sites for hydroxylation is 1. The average molecular weight is 422 g/mol. The van der Waals surface area contributed by atoms with Crippen molar-refractivity contribution in [1.82, 2.24) is 0 Å². The minimum atomic E-state index is -0.524. The molecule has 0 aliphatic carbocycles. The summed E-state index contributed by atoms with van der Waals surface area (Å²) in [6, 6.07) is 11.4. The van der Waals surface area contributed by atoms with Crippen molar-refractivity contribution >= 4 is 17.9 Å². The Morgan fingerprint density at radius 1 is 0.871 bits per heavy atom. The minimum absolute atomic E-state index is 0.290. The molecule has 0 fully saturated rings. The Morgan fingerprint density at radius 2 is 1.42 bits per heavy atom. The third kappa shape index (κ3) is 6.96. The quantitative estimate of drug-likeness (QED) is 0.347. The van der Waals surface area contributed by atoms with Crippen LogP contribution in [0.25, 0.3) is 0 Å². The monoisotopic (exact) mass is 422 g/mol. The van der Waals surface area contributed by atoms with Gasteiger partial charge in [-0.3, -0.25) is 0 Å². The summed E-state index contributed by atoms with van der Waals surface area (Å²) in [5.74, 6) is -0.811. The SMILES string of the molecule is C=C(C)C(=O)Oc1ccc(OC(=O)c2ccc(CC(C)OC(=O)C(=C)C)c(C)c2)cc1. The van der Waals surface area contributed by atoms with Crippen LogP contribution in [-0.4, -0.2) is 24.0 Å². The molecular weight excluding hydrogens is 396 g/mol. The van der Waals surface area contributed by atoms with Gasteiger partial charge in [-0.2, -0.15) is 0 Å². The van der Waals surface area contributed by atoms with Gasteiger partial charge in [-0.05, 0) is 75.2 Å². The first-order chi connectivity index (χ1) is 14.6. The van der Waals surface area contributed by atoms with Crippen LogP contribution in [0.1, 0.15) is 42.3 Å². The summed E-state index contributed by atoms with van der Waals surface area (Å²) in [5, 5.41) is 0. The molecular formula is C25H26O6. The van der Waals surface area contributed by atoms with E-state index in [1.54, 1.807) is 32.9 Å². The van der Waals surface area contributed by atoms with Gasteiger partial charge in [-0.15, -0.1) is 0 Å². The van der Waals surface area contributed by atoms with Gasteiger partial charge in [0.15, 0.2) is 0 Å². The highest BCUT2D eigenvalue weighted by Gasteiger charge is 2.15. The lowest BCUT2D eigenvalue weighted by molar-refractivity contribution is -0.143. The molecule has 0 aromatic heterocycles. The summed E-state index contributed by atoms with van der Waals surface area (Å²) < 4.78 is 15.8. The Morgan fingerprint density at radius 3 is 1.94 bits per heavy atom. The molecule has 0 spiro atoms. The van der Waals surface area contributed by atoms with E-state index in [-0.39, 0.29) is 11.7 Å². The Hall–Kier alpha value is -3.67. The third-order valence-corrected chi connectivity index (χ3v) is 4.34. The standard InChI is InChI=1S/C25H26O6/c1-15(2)23(26)29-18(6)14-19-7-8-20(13-17(19)5)25(28)31-22-11-9-21(10-12-22)30-24(27)16(3)4/h7-13,18H,1,3,14H2,2,4-6H3. The van der Waals surface area contributed by atoms with Crippen LogP contribution >= 0.6 is 0 Å². The molecule has 0 radical (unpaired) electrons. The molecule has 2 aromatic carbocycles. The van der Waals surface area contributed by atoms with Crippen LogP contribution in [0.2, 0.25) is 0 Å². The van der Waals surface area contributed by atoms with Gasteiger partial charge in [0.25, 0.3) is 0 Å². The molecule has 0 amide bonds. The number of rotatable bonds is 8. The van der Waals surface area contributed by atoms with Crippen LogP contribution in [0.15, 0.2) is 66.8 Å². The van der Waals surface area contributed by atoms with Gasteiger partial charge in [0.1, 0.15) is 17.6 Å². The molecule has 6 nitrogen and oxygen atoms in total. The molecule has 0 aliphatic rings. The largest absolute Gasteiger partial charge is 0.459 e. The molecule has 2 rings (SSSR count). The highest BCUT2D eigenvalue weighted by Crippen LogP contribution is 2.21. The lowest BCUT2D eigenvalue weighted by atomic mass is 10.0. The van der Waals surface area contributed by atoms with Crippen molar-refractivity contribution in [3.63, 3.8) is 0 Å². The number of esters is 3. The van der Waals surface area contributed by atoms with Gasteiger partial charge in [-0.25, -0.2) is 14.4 Å².